The van der Waals surface area contributed by atoms with Crippen molar-refractivity contribution in [2.75, 3.05) is 25.5 Å². The zero-order valence-corrected chi connectivity index (χ0v) is 13.8. The molecule has 1 N–H and O–H groups in total. The second-order valence-electron chi connectivity index (χ2n) is 5.15. The number of hydrogen-bond donors (Lipinski definition) is 1. The van der Waals surface area contributed by atoms with Gasteiger partial charge in [-0.15, -0.1) is 0 Å². The smallest absolute Gasteiger partial charge is 0.0426 e. The van der Waals surface area contributed by atoms with E-state index >= 15 is 0 Å². The number of halogens is 2. The van der Waals surface area contributed by atoms with E-state index in [1.165, 1.54) is 5.56 Å². The van der Waals surface area contributed by atoms with Crippen molar-refractivity contribution in [3.63, 3.8) is 0 Å². The lowest BCUT2D eigenvalue weighted by atomic mass is 10.1. The molecular weight excluding hydrogens is 303 g/mol. The van der Waals surface area contributed by atoms with E-state index in [0.717, 1.165) is 28.8 Å². The molecule has 2 aromatic rings. The summed E-state index contributed by atoms with van der Waals surface area (Å²) in [5.74, 6) is 0. The second kappa shape index (κ2) is 7.69. The van der Waals surface area contributed by atoms with Crippen molar-refractivity contribution in [2.45, 2.75) is 13.0 Å². The summed E-state index contributed by atoms with van der Waals surface area (Å²) >= 11 is 12.0. The number of hydrogen-bond acceptors (Lipinski definition) is 2. The normalized spacial score (nSPS) is 12.4. The van der Waals surface area contributed by atoms with Gasteiger partial charge < -0.3 is 5.32 Å². The van der Waals surface area contributed by atoms with Crippen molar-refractivity contribution >= 4 is 28.9 Å². The molecule has 0 aliphatic heterocycles. The Hall–Kier alpha value is -1.22. The molecule has 2 rings (SSSR count). The van der Waals surface area contributed by atoms with Gasteiger partial charge in [-0.2, -0.15) is 0 Å². The highest BCUT2D eigenvalue weighted by atomic mass is 35.5. The third-order valence-electron chi connectivity index (χ3n) is 3.61. The molecule has 0 saturated carbocycles. The van der Waals surface area contributed by atoms with Gasteiger partial charge in [0.2, 0.25) is 0 Å². The van der Waals surface area contributed by atoms with Gasteiger partial charge in [-0.25, -0.2) is 0 Å². The standard InChI is InChI=1S/C17H20Cl2N2/c1-13(14-5-3-6-15(18)11-14)21(2)10-9-20-17-8-4-7-16(19)12-17/h3-8,11-13,20H,9-10H2,1-2H3. The Balaban J connectivity index is 1.85. The van der Waals surface area contributed by atoms with E-state index in [-0.39, 0.29) is 0 Å². The van der Waals surface area contributed by atoms with Gasteiger partial charge >= 0.3 is 0 Å². The highest BCUT2D eigenvalue weighted by molar-refractivity contribution is 6.31. The molecule has 4 heteroatoms. The predicted octanol–water partition coefficient (Wildman–Crippen LogP) is 5.10. The largest absolute Gasteiger partial charge is 0.384 e. The van der Waals surface area contributed by atoms with Crippen molar-refractivity contribution in [3.05, 3.63) is 64.1 Å². The van der Waals surface area contributed by atoms with Gasteiger partial charge in [0.15, 0.2) is 0 Å². The molecule has 21 heavy (non-hydrogen) atoms. The molecular formula is C17H20Cl2N2. The SMILES string of the molecule is CC(c1cccc(Cl)c1)N(C)CCNc1cccc(Cl)c1. The van der Waals surface area contributed by atoms with Crippen LogP contribution < -0.4 is 5.32 Å². The monoisotopic (exact) mass is 322 g/mol. The minimum absolute atomic E-state index is 0.324. The van der Waals surface area contributed by atoms with E-state index in [0.29, 0.717) is 6.04 Å². The highest BCUT2D eigenvalue weighted by Gasteiger charge is 2.11. The maximum Gasteiger partial charge on any atom is 0.0426 e. The zero-order chi connectivity index (χ0) is 15.2. The lowest BCUT2D eigenvalue weighted by Gasteiger charge is -2.25. The Morgan fingerprint density at radius 1 is 1.05 bits per heavy atom. The van der Waals surface area contributed by atoms with Gasteiger partial charge in [-0.3, -0.25) is 4.90 Å². The third kappa shape index (κ3) is 4.92. The van der Waals surface area contributed by atoms with Crippen LogP contribution in [0, 0.1) is 0 Å². The number of rotatable bonds is 6. The fourth-order valence-corrected chi connectivity index (χ4v) is 2.58. The molecule has 0 heterocycles. The van der Waals surface area contributed by atoms with Crippen molar-refractivity contribution in [1.29, 1.82) is 0 Å². The maximum atomic E-state index is 6.05. The fraction of sp³-hybridized carbons (Fsp3) is 0.294. The first-order chi connectivity index (χ1) is 10.1. The van der Waals surface area contributed by atoms with Crippen LogP contribution in [0.5, 0.6) is 0 Å². The Bertz CT molecular complexity index is 587. The number of nitrogens with one attached hydrogen (secondary N) is 1. The third-order valence-corrected chi connectivity index (χ3v) is 4.08. The molecule has 0 amide bonds. The minimum Gasteiger partial charge on any atom is -0.384 e. The first kappa shape index (κ1) is 16.2. The summed E-state index contributed by atoms with van der Waals surface area (Å²) in [5.41, 5.74) is 2.28. The van der Waals surface area contributed by atoms with Crippen molar-refractivity contribution in [3.8, 4) is 0 Å². The first-order valence-corrected chi connectivity index (χ1v) is 7.77. The van der Waals surface area contributed by atoms with Crippen LogP contribution in [0.15, 0.2) is 48.5 Å². The van der Waals surface area contributed by atoms with Gasteiger partial charge in [0.25, 0.3) is 0 Å². The van der Waals surface area contributed by atoms with E-state index in [2.05, 4.69) is 30.3 Å². The molecule has 0 fully saturated rings. The van der Waals surface area contributed by atoms with Crippen molar-refractivity contribution in [2.24, 2.45) is 0 Å². The molecule has 0 spiro atoms. The molecule has 0 bridgehead atoms. The molecule has 112 valence electrons. The van der Waals surface area contributed by atoms with Gasteiger partial charge in [-0.05, 0) is 49.9 Å². The van der Waals surface area contributed by atoms with Crippen LogP contribution in [0.1, 0.15) is 18.5 Å². The molecule has 2 nitrogen and oxygen atoms in total. The zero-order valence-electron chi connectivity index (χ0n) is 12.3. The lowest BCUT2D eigenvalue weighted by molar-refractivity contribution is 0.271. The summed E-state index contributed by atoms with van der Waals surface area (Å²) in [4.78, 5) is 2.29. The van der Waals surface area contributed by atoms with E-state index in [1.807, 2.05) is 42.5 Å². The van der Waals surface area contributed by atoms with Gasteiger partial charge in [0.05, 0.1) is 0 Å². The number of nitrogens with zero attached hydrogens (tertiary/aromatic N) is 1. The molecule has 1 atom stereocenters. The van der Waals surface area contributed by atoms with Crippen LogP contribution in [0.2, 0.25) is 10.0 Å². The number of likely N-dealkylation sites (N-methyl/N-ethyl adjacent to an activating group) is 1. The summed E-state index contributed by atoms with van der Waals surface area (Å²) in [5, 5.41) is 4.91. The minimum atomic E-state index is 0.324. The van der Waals surface area contributed by atoms with E-state index in [4.69, 9.17) is 23.2 Å². The van der Waals surface area contributed by atoms with Crippen LogP contribution in [-0.2, 0) is 0 Å². The molecule has 0 saturated heterocycles. The van der Waals surface area contributed by atoms with Crippen LogP contribution in [-0.4, -0.2) is 25.0 Å². The molecule has 0 aliphatic carbocycles. The number of benzene rings is 2. The summed E-state index contributed by atoms with van der Waals surface area (Å²) in [6.07, 6.45) is 0. The maximum absolute atomic E-state index is 6.05. The molecule has 0 radical (unpaired) electrons. The van der Waals surface area contributed by atoms with Crippen LogP contribution >= 0.6 is 23.2 Å². The Labute approximate surface area is 136 Å². The molecule has 1 unspecified atom stereocenters. The van der Waals surface area contributed by atoms with Crippen LogP contribution in [0.3, 0.4) is 0 Å². The van der Waals surface area contributed by atoms with E-state index in [1.54, 1.807) is 0 Å². The predicted molar refractivity (Wildman–Crippen MR) is 92.4 cm³/mol. The van der Waals surface area contributed by atoms with Gasteiger partial charge in [0, 0.05) is 34.9 Å². The summed E-state index contributed by atoms with van der Waals surface area (Å²) in [6, 6.07) is 16.1. The van der Waals surface area contributed by atoms with E-state index in [9.17, 15) is 0 Å². The lowest BCUT2D eigenvalue weighted by Crippen LogP contribution is -2.28. The molecule has 2 aromatic carbocycles. The summed E-state index contributed by atoms with van der Waals surface area (Å²) in [6.45, 7) is 3.98. The molecule has 0 aromatic heterocycles. The molecule has 0 aliphatic rings. The highest BCUT2D eigenvalue weighted by Crippen LogP contribution is 2.21. The van der Waals surface area contributed by atoms with Gasteiger partial charge in [-0.1, -0.05) is 41.4 Å². The van der Waals surface area contributed by atoms with Gasteiger partial charge in [0.1, 0.15) is 0 Å². The number of anilines is 1. The summed E-state index contributed by atoms with van der Waals surface area (Å²) < 4.78 is 0. The topological polar surface area (TPSA) is 15.3 Å². The first-order valence-electron chi connectivity index (χ1n) is 7.01. The second-order valence-corrected chi connectivity index (χ2v) is 6.02. The van der Waals surface area contributed by atoms with Crippen molar-refractivity contribution < 1.29 is 0 Å². The van der Waals surface area contributed by atoms with Crippen molar-refractivity contribution in [1.82, 2.24) is 4.90 Å². The van der Waals surface area contributed by atoms with Crippen LogP contribution in [0.25, 0.3) is 0 Å². The average molecular weight is 323 g/mol. The average Bonchev–Trinajstić information content (AvgIpc) is 2.46. The van der Waals surface area contributed by atoms with E-state index < -0.39 is 0 Å². The quantitative estimate of drug-likeness (QED) is 0.796. The Kier molecular flexibility index (Phi) is 5.92. The van der Waals surface area contributed by atoms with Crippen LogP contribution in [0.4, 0.5) is 5.69 Å². The fourth-order valence-electron chi connectivity index (χ4n) is 2.19. The Morgan fingerprint density at radius 2 is 1.71 bits per heavy atom. The Morgan fingerprint density at radius 3 is 2.38 bits per heavy atom. The summed E-state index contributed by atoms with van der Waals surface area (Å²) in [7, 11) is 2.12.